The zero-order valence-corrected chi connectivity index (χ0v) is 10.7. The quantitative estimate of drug-likeness (QED) is 0.623. The third kappa shape index (κ3) is 2.42. The lowest BCUT2D eigenvalue weighted by Crippen LogP contribution is -3.02. The second-order valence-electron chi connectivity index (χ2n) is 4.60. The van der Waals surface area contributed by atoms with Crippen LogP contribution in [-0.2, 0) is 9.59 Å². The number of nitrogens with two attached hydrogens (primary N) is 1. The summed E-state index contributed by atoms with van der Waals surface area (Å²) >= 11 is 0. The summed E-state index contributed by atoms with van der Waals surface area (Å²) in [6.07, 6.45) is 19.7. The Hall–Kier alpha value is -2.56. The summed E-state index contributed by atoms with van der Waals surface area (Å²) in [5, 5.41) is 2.03. The summed E-state index contributed by atoms with van der Waals surface area (Å²) in [6.45, 7) is 0. The summed E-state index contributed by atoms with van der Waals surface area (Å²) in [4.78, 5) is 23.9. The fourth-order valence-electron chi connectivity index (χ4n) is 2.21. The van der Waals surface area contributed by atoms with Crippen molar-refractivity contribution < 1.29 is 19.8 Å². The maximum Gasteiger partial charge on any atom is 0.240 e. The van der Waals surface area contributed by atoms with Gasteiger partial charge in [-0.15, -0.1) is 0 Å². The van der Waals surface area contributed by atoms with Gasteiger partial charge in [-0.25, -0.2) is 4.90 Å². The number of carbonyl (C=O) groups excluding carboxylic acids is 2. The molecule has 3 aliphatic rings. The summed E-state index contributed by atoms with van der Waals surface area (Å²) in [7, 11) is 0. The molecule has 0 bridgehead atoms. The van der Waals surface area contributed by atoms with Crippen molar-refractivity contribution in [1.29, 1.82) is 0 Å². The average Bonchev–Trinajstić information content (AvgIpc) is 2.51. The van der Waals surface area contributed by atoms with Crippen LogP contribution < -0.4 is 10.2 Å². The van der Waals surface area contributed by atoms with E-state index in [0.717, 1.165) is 16.2 Å². The number of allylic oxidation sites excluding steroid dienone is 9. The largest absolute Gasteiger partial charge is 0.290 e. The van der Waals surface area contributed by atoms with Crippen molar-refractivity contribution in [3.05, 3.63) is 84.2 Å². The molecular formula is C16H14N2O2+2. The van der Waals surface area contributed by atoms with Gasteiger partial charge in [-0.05, 0) is 18.2 Å². The van der Waals surface area contributed by atoms with Gasteiger partial charge in [0.15, 0.2) is 11.5 Å². The zero-order chi connectivity index (χ0) is 13.9. The van der Waals surface area contributed by atoms with Crippen LogP contribution in [0.3, 0.4) is 0 Å². The van der Waals surface area contributed by atoms with Crippen molar-refractivity contribution in [3.8, 4) is 0 Å². The first-order chi connectivity index (χ1) is 9.74. The lowest BCUT2D eigenvalue weighted by Gasteiger charge is -2.15. The molecule has 0 aromatic rings. The van der Waals surface area contributed by atoms with Crippen molar-refractivity contribution in [2.24, 2.45) is 0 Å². The Morgan fingerprint density at radius 3 is 2.40 bits per heavy atom. The van der Waals surface area contributed by atoms with Crippen molar-refractivity contribution in [2.75, 3.05) is 0 Å². The van der Waals surface area contributed by atoms with E-state index in [9.17, 15) is 9.59 Å². The van der Waals surface area contributed by atoms with Gasteiger partial charge in [-0.2, -0.15) is 0 Å². The van der Waals surface area contributed by atoms with Crippen molar-refractivity contribution in [3.63, 3.8) is 0 Å². The van der Waals surface area contributed by atoms with E-state index < -0.39 is 0 Å². The van der Waals surface area contributed by atoms with Crippen LogP contribution >= 0.6 is 0 Å². The summed E-state index contributed by atoms with van der Waals surface area (Å²) in [5.74, 6) is -0.274. The third-order valence-corrected chi connectivity index (χ3v) is 3.25. The SMILES string of the molecule is O=C1C=CC(=O)C([NH+]2C=CC(=C3C=CC=C[NH2+]3)C=C2)=C1. The minimum absolute atomic E-state index is 0.128. The number of quaternary nitrogens is 2. The molecule has 0 saturated carbocycles. The highest BCUT2D eigenvalue weighted by Crippen LogP contribution is 2.08. The molecule has 98 valence electrons. The first-order valence-electron chi connectivity index (χ1n) is 6.38. The van der Waals surface area contributed by atoms with Crippen LogP contribution in [0.25, 0.3) is 0 Å². The fourth-order valence-corrected chi connectivity index (χ4v) is 2.21. The molecule has 0 aromatic heterocycles. The van der Waals surface area contributed by atoms with Gasteiger partial charge in [-0.3, -0.25) is 14.9 Å². The summed E-state index contributed by atoms with van der Waals surface area (Å²) in [5.41, 5.74) is 2.66. The standard InChI is InChI=1S/C16H12N2O2/c19-13-4-5-16(20)15(11-13)18-9-6-12(7-10-18)14-3-1-2-8-17-14/h1-11,17H/p+2. The van der Waals surface area contributed by atoms with Crippen LogP contribution in [0.4, 0.5) is 0 Å². The van der Waals surface area contributed by atoms with E-state index in [4.69, 9.17) is 0 Å². The summed E-state index contributed by atoms with van der Waals surface area (Å²) < 4.78 is 0. The Balaban J connectivity index is 1.83. The van der Waals surface area contributed by atoms with Crippen LogP contribution in [-0.4, -0.2) is 11.6 Å². The Morgan fingerprint density at radius 2 is 1.70 bits per heavy atom. The lowest BCUT2D eigenvalue weighted by atomic mass is 10.1. The molecule has 0 saturated heterocycles. The Kier molecular flexibility index (Phi) is 3.25. The molecule has 0 unspecified atom stereocenters. The molecule has 4 nitrogen and oxygen atoms in total. The van der Waals surface area contributed by atoms with E-state index in [0.29, 0.717) is 5.70 Å². The Labute approximate surface area is 116 Å². The molecule has 0 atom stereocenters. The minimum atomic E-state index is -0.147. The van der Waals surface area contributed by atoms with Gasteiger partial charge in [0, 0.05) is 23.8 Å². The molecule has 0 aromatic carbocycles. The van der Waals surface area contributed by atoms with Crippen LogP contribution in [0, 0.1) is 0 Å². The molecule has 1 aliphatic carbocycles. The van der Waals surface area contributed by atoms with Gasteiger partial charge >= 0.3 is 0 Å². The zero-order valence-electron chi connectivity index (χ0n) is 10.7. The van der Waals surface area contributed by atoms with E-state index in [-0.39, 0.29) is 11.6 Å². The van der Waals surface area contributed by atoms with Gasteiger partial charge in [0.05, 0.1) is 12.3 Å². The predicted molar refractivity (Wildman–Crippen MR) is 73.7 cm³/mol. The molecule has 20 heavy (non-hydrogen) atoms. The topological polar surface area (TPSA) is 55.2 Å². The van der Waals surface area contributed by atoms with Gasteiger partial charge in [0.25, 0.3) is 0 Å². The van der Waals surface area contributed by atoms with Crippen molar-refractivity contribution in [2.45, 2.75) is 0 Å². The molecule has 3 N–H and O–H groups in total. The van der Waals surface area contributed by atoms with Crippen molar-refractivity contribution >= 4 is 11.6 Å². The fraction of sp³-hybridized carbons (Fsp3) is 0. The number of ketones is 2. The van der Waals surface area contributed by atoms with E-state index in [1.54, 1.807) is 0 Å². The van der Waals surface area contributed by atoms with E-state index in [1.807, 2.05) is 54.3 Å². The molecule has 0 fully saturated rings. The van der Waals surface area contributed by atoms with Gasteiger partial charge < -0.3 is 0 Å². The molecule has 2 aliphatic heterocycles. The van der Waals surface area contributed by atoms with Gasteiger partial charge in [0.1, 0.15) is 18.1 Å². The smallest absolute Gasteiger partial charge is 0.240 e. The first-order valence-corrected chi connectivity index (χ1v) is 6.38. The molecule has 0 radical (unpaired) electrons. The number of nitrogens with one attached hydrogen (secondary N) is 1. The van der Waals surface area contributed by atoms with Gasteiger partial charge in [0.2, 0.25) is 5.78 Å². The van der Waals surface area contributed by atoms with Gasteiger partial charge in [-0.1, -0.05) is 6.08 Å². The number of hydrogen-bond donors (Lipinski definition) is 2. The maximum absolute atomic E-state index is 11.8. The normalized spacial score (nSPS) is 24.6. The highest BCUT2D eigenvalue weighted by molar-refractivity contribution is 6.16. The molecule has 0 spiro atoms. The second-order valence-corrected chi connectivity index (χ2v) is 4.60. The number of carbonyl (C=O) groups is 2. The molecule has 0 amide bonds. The number of hydrogen-bond acceptors (Lipinski definition) is 2. The van der Waals surface area contributed by atoms with E-state index >= 15 is 0 Å². The third-order valence-electron chi connectivity index (χ3n) is 3.25. The van der Waals surface area contributed by atoms with Crippen LogP contribution in [0.15, 0.2) is 84.2 Å². The van der Waals surface area contributed by atoms with Crippen LogP contribution in [0.1, 0.15) is 0 Å². The highest BCUT2D eigenvalue weighted by Gasteiger charge is 2.24. The molecular weight excluding hydrogens is 252 g/mol. The van der Waals surface area contributed by atoms with E-state index in [2.05, 4.69) is 0 Å². The first kappa shape index (κ1) is 12.5. The molecule has 4 heteroatoms. The van der Waals surface area contributed by atoms with Crippen LogP contribution in [0.5, 0.6) is 0 Å². The van der Waals surface area contributed by atoms with Crippen molar-refractivity contribution in [1.82, 2.24) is 0 Å². The minimum Gasteiger partial charge on any atom is -0.290 e. The summed E-state index contributed by atoms with van der Waals surface area (Å²) in [6, 6.07) is 0. The predicted octanol–water partition coefficient (Wildman–Crippen LogP) is -0.595. The maximum atomic E-state index is 11.8. The average molecular weight is 266 g/mol. The highest BCUT2D eigenvalue weighted by atomic mass is 16.1. The monoisotopic (exact) mass is 266 g/mol. The van der Waals surface area contributed by atoms with Crippen LogP contribution in [0.2, 0.25) is 0 Å². The molecule has 2 heterocycles. The lowest BCUT2D eigenvalue weighted by molar-refractivity contribution is -0.740. The second kappa shape index (κ2) is 5.21. The van der Waals surface area contributed by atoms with E-state index in [1.165, 1.54) is 18.2 Å². The Morgan fingerprint density at radius 1 is 0.900 bits per heavy atom. The molecule has 3 rings (SSSR count). The Bertz CT molecular complexity index is 669. The number of rotatable bonds is 1.